The lowest BCUT2D eigenvalue weighted by Crippen LogP contribution is -2.17. The Bertz CT molecular complexity index is 2370. The van der Waals surface area contributed by atoms with Crippen LogP contribution in [0.15, 0.2) is 70.3 Å². The van der Waals surface area contributed by atoms with Gasteiger partial charge in [-0.05, 0) is 62.4 Å². The fourth-order valence-electron chi connectivity index (χ4n) is 5.91. The number of benzene rings is 4. The van der Waals surface area contributed by atoms with Crippen molar-refractivity contribution in [3.05, 3.63) is 81.4 Å². The summed E-state index contributed by atoms with van der Waals surface area (Å²) in [7, 11) is 0. The standard InChI is InChI=1S/C30H20N4O4/c1-3-37-15-8-13-20-22(14-15)33-27(31-20)16-9-10-17-25-19(12-11-18(24(16)25)29(33)35)30(36)34-26-21(32-28(17)34)6-5-7-23(26)38-4-2/h5-14H,3-4H2,1-2H3. The molecule has 8 aromatic rings. The third-order valence-electron chi connectivity index (χ3n) is 7.39. The molecule has 0 radical (unpaired) electrons. The first kappa shape index (κ1) is 21.1. The Balaban J connectivity index is 1.59. The summed E-state index contributed by atoms with van der Waals surface area (Å²) in [6, 6.07) is 18.6. The molecule has 0 aliphatic heterocycles. The Morgan fingerprint density at radius 2 is 1.32 bits per heavy atom. The Labute approximate surface area is 214 Å². The lowest BCUT2D eigenvalue weighted by Gasteiger charge is -2.12. The number of fused-ring (bicyclic) bond motifs is 8. The largest absolute Gasteiger partial charge is 0.494 e. The van der Waals surface area contributed by atoms with Gasteiger partial charge in [0.05, 0.1) is 29.8 Å². The summed E-state index contributed by atoms with van der Waals surface area (Å²) in [5.41, 5.74) is 3.44. The van der Waals surface area contributed by atoms with Crippen molar-refractivity contribution in [3.63, 3.8) is 0 Å². The number of rotatable bonds is 4. The van der Waals surface area contributed by atoms with Crippen LogP contribution in [0.4, 0.5) is 0 Å². The molecule has 0 spiro atoms. The molecule has 4 heterocycles. The third-order valence-corrected chi connectivity index (χ3v) is 7.39. The maximum Gasteiger partial charge on any atom is 0.264 e. The molecule has 0 atom stereocenters. The van der Waals surface area contributed by atoms with Gasteiger partial charge in [0, 0.05) is 38.4 Å². The predicted molar refractivity (Wildman–Crippen MR) is 149 cm³/mol. The van der Waals surface area contributed by atoms with Gasteiger partial charge in [0.25, 0.3) is 11.1 Å². The maximum atomic E-state index is 14.0. The minimum Gasteiger partial charge on any atom is -0.494 e. The van der Waals surface area contributed by atoms with Crippen LogP contribution in [-0.4, -0.2) is 32.0 Å². The van der Waals surface area contributed by atoms with Gasteiger partial charge in [-0.2, -0.15) is 0 Å². The van der Waals surface area contributed by atoms with E-state index in [2.05, 4.69) is 0 Å². The summed E-state index contributed by atoms with van der Waals surface area (Å²) in [4.78, 5) is 37.5. The topological polar surface area (TPSA) is 87.2 Å². The van der Waals surface area contributed by atoms with Crippen molar-refractivity contribution in [1.29, 1.82) is 0 Å². The van der Waals surface area contributed by atoms with E-state index in [0.717, 1.165) is 21.5 Å². The van der Waals surface area contributed by atoms with E-state index in [0.29, 0.717) is 68.8 Å². The minimum atomic E-state index is -0.196. The quantitative estimate of drug-likeness (QED) is 0.311. The summed E-state index contributed by atoms with van der Waals surface area (Å²) < 4.78 is 14.8. The van der Waals surface area contributed by atoms with Crippen LogP contribution < -0.4 is 20.6 Å². The van der Waals surface area contributed by atoms with Crippen molar-refractivity contribution in [2.45, 2.75) is 13.8 Å². The summed E-state index contributed by atoms with van der Waals surface area (Å²) in [6.45, 7) is 4.83. The van der Waals surface area contributed by atoms with Gasteiger partial charge < -0.3 is 9.47 Å². The highest BCUT2D eigenvalue weighted by molar-refractivity contribution is 6.27. The molecule has 8 rings (SSSR count). The monoisotopic (exact) mass is 500 g/mol. The van der Waals surface area contributed by atoms with Crippen LogP contribution in [0.2, 0.25) is 0 Å². The number of hydrogen-bond donors (Lipinski definition) is 0. The van der Waals surface area contributed by atoms with Gasteiger partial charge in [-0.25, -0.2) is 9.97 Å². The number of para-hydroxylation sites is 1. The fourth-order valence-corrected chi connectivity index (χ4v) is 5.91. The van der Waals surface area contributed by atoms with Crippen LogP contribution >= 0.6 is 0 Å². The smallest absolute Gasteiger partial charge is 0.264 e. The number of ether oxygens (including phenoxy) is 2. The van der Waals surface area contributed by atoms with Gasteiger partial charge in [-0.1, -0.05) is 6.07 Å². The number of nitrogens with zero attached hydrogens (tertiary/aromatic N) is 4. The predicted octanol–water partition coefficient (Wildman–Crippen LogP) is 5.14. The molecule has 0 amide bonds. The van der Waals surface area contributed by atoms with Gasteiger partial charge in [0.15, 0.2) is 0 Å². The molecular formula is C30H20N4O4. The van der Waals surface area contributed by atoms with E-state index in [9.17, 15) is 9.59 Å². The first-order valence-corrected chi connectivity index (χ1v) is 12.6. The molecule has 8 heteroatoms. The zero-order chi connectivity index (χ0) is 25.7. The van der Waals surface area contributed by atoms with Crippen LogP contribution in [0.1, 0.15) is 13.8 Å². The zero-order valence-electron chi connectivity index (χ0n) is 20.6. The lowest BCUT2D eigenvalue weighted by molar-refractivity contribution is 0.340. The molecule has 4 aromatic heterocycles. The molecule has 0 aliphatic carbocycles. The first-order chi connectivity index (χ1) is 18.6. The Morgan fingerprint density at radius 3 is 2.03 bits per heavy atom. The molecule has 4 aromatic carbocycles. The van der Waals surface area contributed by atoms with Crippen molar-refractivity contribution >= 4 is 65.7 Å². The van der Waals surface area contributed by atoms with E-state index >= 15 is 0 Å². The molecule has 0 bridgehead atoms. The van der Waals surface area contributed by atoms with E-state index in [1.807, 2.05) is 62.4 Å². The lowest BCUT2D eigenvalue weighted by atomic mass is 9.96. The van der Waals surface area contributed by atoms with Crippen molar-refractivity contribution in [3.8, 4) is 11.5 Å². The van der Waals surface area contributed by atoms with Gasteiger partial charge in [0.1, 0.15) is 28.3 Å². The second-order valence-corrected chi connectivity index (χ2v) is 9.36. The molecule has 0 N–H and O–H groups in total. The molecular weight excluding hydrogens is 480 g/mol. The van der Waals surface area contributed by atoms with Crippen molar-refractivity contribution in [1.82, 2.24) is 18.8 Å². The molecule has 0 aliphatic rings. The molecule has 8 nitrogen and oxygen atoms in total. The molecule has 184 valence electrons. The highest BCUT2D eigenvalue weighted by Crippen LogP contribution is 2.38. The Hall–Kier alpha value is -4.98. The van der Waals surface area contributed by atoms with Crippen LogP contribution in [0, 0.1) is 0 Å². The fraction of sp³-hybridized carbons (Fsp3) is 0.133. The van der Waals surface area contributed by atoms with Gasteiger partial charge in [-0.15, -0.1) is 0 Å². The van der Waals surface area contributed by atoms with Crippen LogP contribution in [0.3, 0.4) is 0 Å². The third kappa shape index (κ3) is 2.49. The van der Waals surface area contributed by atoms with E-state index in [-0.39, 0.29) is 11.1 Å². The number of aromatic nitrogens is 4. The van der Waals surface area contributed by atoms with E-state index in [1.54, 1.807) is 20.9 Å². The summed E-state index contributed by atoms with van der Waals surface area (Å²) in [5.74, 6) is 1.30. The first-order valence-electron chi connectivity index (χ1n) is 12.6. The summed E-state index contributed by atoms with van der Waals surface area (Å²) >= 11 is 0. The number of hydrogen-bond acceptors (Lipinski definition) is 6. The van der Waals surface area contributed by atoms with E-state index in [4.69, 9.17) is 19.4 Å². The van der Waals surface area contributed by atoms with E-state index < -0.39 is 0 Å². The average Bonchev–Trinajstić information content (AvgIpc) is 3.51. The second-order valence-electron chi connectivity index (χ2n) is 9.36. The van der Waals surface area contributed by atoms with Crippen LogP contribution in [0.25, 0.3) is 65.7 Å². The van der Waals surface area contributed by atoms with Crippen molar-refractivity contribution in [2.24, 2.45) is 0 Å². The highest BCUT2D eigenvalue weighted by atomic mass is 16.5. The van der Waals surface area contributed by atoms with Crippen molar-refractivity contribution in [2.75, 3.05) is 13.2 Å². The van der Waals surface area contributed by atoms with E-state index in [1.165, 1.54) is 0 Å². The highest BCUT2D eigenvalue weighted by Gasteiger charge is 2.23. The summed E-state index contributed by atoms with van der Waals surface area (Å²) in [6.07, 6.45) is 0. The molecule has 0 saturated heterocycles. The molecule has 0 unspecified atom stereocenters. The van der Waals surface area contributed by atoms with Crippen LogP contribution in [0.5, 0.6) is 11.5 Å². The molecule has 0 saturated carbocycles. The number of imidazole rings is 2. The summed E-state index contributed by atoms with van der Waals surface area (Å²) in [5, 5.41) is 4.12. The second kappa shape index (κ2) is 7.29. The molecule has 0 fully saturated rings. The SMILES string of the molecule is CCOc1ccc2nc3c4ccc5c6c(ccc(c(=O)n3c2c1)c46)c(=O)n1c5nc2cccc(OCC)c21. The van der Waals surface area contributed by atoms with Crippen molar-refractivity contribution < 1.29 is 9.47 Å². The average molecular weight is 501 g/mol. The number of pyridine rings is 2. The van der Waals surface area contributed by atoms with Gasteiger partial charge in [-0.3, -0.25) is 18.4 Å². The zero-order valence-corrected chi connectivity index (χ0v) is 20.6. The minimum absolute atomic E-state index is 0.183. The van der Waals surface area contributed by atoms with Gasteiger partial charge >= 0.3 is 0 Å². The normalized spacial score (nSPS) is 12.4. The maximum absolute atomic E-state index is 14.0. The van der Waals surface area contributed by atoms with Crippen LogP contribution in [-0.2, 0) is 0 Å². The Kier molecular flexibility index (Phi) is 4.05. The molecule has 38 heavy (non-hydrogen) atoms. The Morgan fingerprint density at radius 1 is 0.684 bits per heavy atom. The van der Waals surface area contributed by atoms with Gasteiger partial charge in [0.2, 0.25) is 0 Å².